The number of rotatable bonds is 6. The SMILES string of the molecule is CCNCC1CCN(C(=O)C2CC(=O)N(Cc3ccccc3)C2)CC1.Cl. The van der Waals surface area contributed by atoms with Crippen molar-refractivity contribution in [1.82, 2.24) is 15.1 Å². The number of carbonyl (C=O) groups excluding carboxylic acids is 2. The average Bonchev–Trinajstić information content (AvgIpc) is 3.01. The molecular formula is C20H30ClN3O2. The first-order valence-corrected chi connectivity index (χ1v) is 9.48. The number of nitrogens with zero attached hydrogens (tertiary/aromatic N) is 2. The molecule has 0 spiro atoms. The van der Waals surface area contributed by atoms with E-state index in [-0.39, 0.29) is 30.1 Å². The van der Waals surface area contributed by atoms with E-state index in [0.29, 0.717) is 25.4 Å². The topological polar surface area (TPSA) is 52.7 Å². The van der Waals surface area contributed by atoms with E-state index in [1.165, 1.54) is 0 Å². The minimum atomic E-state index is -0.165. The molecule has 2 amide bonds. The lowest BCUT2D eigenvalue weighted by Crippen LogP contribution is -2.44. The molecule has 26 heavy (non-hydrogen) atoms. The Balaban J connectivity index is 0.00000243. The van der Waals surface area contributed by atoms with Gasteiger partial charge in [-0.05, 0) is 37.4 Å². The number of hydrogen-bond acceptors (Lipinski definition) is 3. The molecule has 0 aliphatic carbocycles. The summed E-state index contributed by atoms with van der Waals surface area (Å²) in [6, 6.07) is 9.99. The van der Waals surface area contributed by atoms with Crippen molar-refractivity contribution in [3.8, 4) is 0 Å². The van der Waals surface area contributed by atoms with Gasteiger partial charge < -0.3 is 15.1 Å². The van der Waals surface area contributed by atoms with Gasteiger partial charge in [-0.1, -0.05) is 37.3 Å². The molecule has 2 aliphatic heterocycles. The molecule has 2 heterocycles. The maximum absolute atomic E-state index is 12.8. The number of piperidine rings is 1. The summed E-state index contributed by atoms with van der Waals surface area (Å²) in [5.74, 6) is 0.778. The van der Waals surface area contributed by atoms with Gasteiger partial charge >= 0.3 is 0 Å². The van der Waals surface area contributed by atoms with Crippen LogP contribution in [0.2, 0.25) is 0 Å². The van der Waals surface area contributed by atoms with Gasteiger partial charge in [-0.2, -0.15) is 0 Å². The molecule has 1 N–H and O–H groups in total. The highest BCUT2D eigenvalue weighted by Gasteiger charge is 2.37. The molecule has 2 saturated heterocycles. The molecular weight excluding hydrogens is 350 g/mol. The second kappa shape index (κ2) is 9.93. The molecule has 1 atom stereocenters. The third kappa shape index (κ3) is 5.21. The standard InChI is InChI=1S/C20H29N3O2.ClH/c1-2-21-13-16-8-10-22(11-9-16)20(25)18-12-19(24)23(15-18)14-17-6-4-3-5-7-17;/h3-7,16,18,21H,2,8-15H2,1H3;1H. The summed E-state index contributed by atoms with van der Waals surface area (Å²) in [6.45, 7) is 7.00. The summed E-state index contributed by atoms with van der Waals surface area (Å²) in [6.07, 6.45) is 2.49. The van der Waals surface area contributed by atoms with Gasteiger partial charge in [0.2, 0.25) is 11.8 Å². The Morgan fingerprint density at radius 2 is 1.88 bits per heavy atom. The van der Waals surface area contributed by atoms with E-state index in [2.05, 4.69) is 12.2 Å². The van der Waals surface area contributed by atoms with Gasteiger partial charge in [-0.15, -0.1) is 12.4 Å². The molecule has 0 bridgehead atoms. The van der Waals surface area contributed by atoms with Gasteiger partial charge in [-0.3, -0.25) is 9.59 Å². The van der Waals surface area contributed by atoms with E-state index in [0.717, 1.165) is 44.6 Å². The van der Waals surface area contributed by atoms with E-state index in [9.17, 15) is 9.59 Å². The highest BCUT2D eigenvalue weighted by molar-refractivity contribution is 5.89. The molecule has 144 valence electrons. The van der Waals surface area contributed by atoms with E-state index in [4.69, 9.17) is 0 Å². The minimum absolute atomic E-state index is 0. The highest BCUT2D eigenvalue weighted by Crippen LogP contribution is 2.25. The zero-order valence-electron chi connectivity index (χ0n) is 15.5. The van der Waals surface area contributed by atoms with Gasteiger partial charge in [0.25, 0.3) is 0 Å². The van der Waals surface area contributed by atoms with E-state index in [1.807, 2.05) is 40.1 Å². The van der Waals surface area contributed by atoms with Crippen molar-refractivity contribution in [3.05, 3.63) is 35.9 Å². The number of amides is 2. The second-order valence-corrected chi connectivity index (χ2v) is 7.24. The average molecular weight is 380 g/mol. The van der Waals surface area contributed by atoms with Crippen LogP contribution in [0.4, 0.5) is 0 Å². The molecule has 3 rings (SSSR count). The molecule has 0 radical (unpaired) electrons. The fourth-order valence-electron chi connectivity index (χ4n) is 3.86. The number of likely N-dealkylation sites (tertiary alicyclic amines) is 2. The Morgan fingerprint density at radius 3 is 2.54 bits per heavy atom. The predicted octanol–water partition coefficient (Wildman–Crippen LogP) is 2.31. The first kappa shape index (κ1) is 20.7. The van der Waals surface area contributed by atoms with Crippen LogP contribution in [0.5, 0.6) is 0 Å². The Bertz CT molecular complexity index is 588. The summed E-state index contributed by atoms with van der Waals surface area (Å²) in [5.41, 5.74) is 1.12. The normalized spacial score (nSPS) is 21.0. The smallest absolute Gasteiger partial charge is 0.227 e. The highest BCUT2D eigenvalue weighted by atomic mass is 35.5. The number of benzene rings is 1. The van der Waals surface area contributed by atoms with Crippen molar-refractivity contribution in [3.63, 3.8) is 0 Å². The maximum Gasteiger partial charge on any atom is 0.227 e. The molecule has 1 aromatic rings. The van der Waals surface area contributed by atoms with Crippen molar-refractivity contribution < 1.29 is 9.59 Å². The maximum atomic E-state index is 12.8. The number of carbonyl (C=O) groups is 2. The molecule has 1 aromatic carbocycles. The van der Waals surface area contributed by atoms with Gasteiger partial charge in [-0.25, -0.2) is 0 Å². The van der Waals surface area contributed by atoms with Crippen molar-refractivity contribution in [2.24, 2.45) is 11.8 Å². The van der Waals surface area contributed by atoms with Crippen LogP contribution in [0.1, 0.15) is 31.7 Å². The minimum Gasteiger partial charge on any atom is -0.342 e. The Hall–Kier alpha value is -1.59. The molecule has 1 unspecified atom stereocenters. The van der Waals surface area contributed by atoms with Crippen LogP contribution >= 0.6 is 12.4 Å². The summed E-state index contributed by atoms with van der Waals surface area (Å²) < 4.78 is 0. The fourth-order valence-corrected chi connectivity index (χ4v) is 3.86. The lowest BCUT2D eigenvalue weighted by Gasteiger charge is -2.33. The van der Waals surface area contributed by atoms with Crippen molar-refractivity contribution in [2.75, 3.05) is 32.7 Å². The Labute approximate surface area is 162 Å². The predicted molar refractivity (Wildman–Crippen MR) is 105 cm³/mol. The third-order valence-corrected chi connectivity index (χ3v) is 5.39. The van der Waals surface area contributed by atoms with E-state index in [1.54, 1.807) is 0 Å². The summed E-state index contributed by atoms with van der Waals surface area (Å²) in [7, 11) is 0. The van der Waals surface area contributed by atoms with Crippen LogP contribution in [-0.4, -0.2) is 54.3 Å². The van der Waals surface area contributed by atoms with Crippen molar-refractivity contribution >= 4 is 24.2 Å². The van der Waals surface area contributed by atoms with E-state index < -0.39 is 0 Å². The molecule has 0 aromatic heterocycles. The molecule has 0 saturated carbocycles. The lowest BCUT2D eigenvalue weighted by atomic mass is 9.95. The zero-order valence-corrected chi connectivity index (χ0v) is 16.3. The third-order valence-electron chi connectivity index (χ3n) is 5.39. The van der Waals surface area contributed by atoms with Crippen molar-refractivity contribution in [2.45, 2.75) is 32.7 Å². The van der Waals surface area contributed by atoms with Crippen LogP contribution in [0, 0.1) is 11.8 Å². The second-order valence-electron chi connectivity index (χ2n) is 7.24. The quantitative estimate of drug-likeness (QED) is 0.825. The monoisotopic (exact) mass is 379 g/mol. The van der Waals surface area contributed by atoms with E-state index >= 15 is 0 Å². The number of nitrogens with one attached hydrogen (secondary N) is 1. The molecule has 6 heteroatoms. The summed E-state index contributed by atoms with van der Waals surface area (Å²) in [5, 5.41) is 3.40. The molecule has 2 aliphatic rings. The first-order chi connectivity index (χ1) is 12.2. The van der Waals surface area contributed by atoms with Crippen LogP contribution in [0.25, 0.3) is 0 Å². The van der Waals surface area contributed by atoms with Gasteiger partial charge in [0.15, 0.2) is 0 Å². The lowest BCUT2D eigenvalue weighted by molar-refractivity contribution is -0.137. The summed E-state index contributed by atoms with van der Waals surface area (Å²) >= 11 is 0. The van der Waals surface area contributed by atoms with Gasteiger partial charge in [0.1, 0.15) is 0 Å². The Morgan fingerprint density at radius 1 is 1.19 bits per heavy atom. The van der Waals surface area contributed by atoms with Crippen LogP contribution in [0.3, 0.4) is 0 Å². The van der Waals surface area contributed by atoms with Gasteiger partial charge in [0.05, 0.1) is 5.92 Å². The van der Waals surface area contributed by atoms with Crippen molar-refractivity contribution in [1.29, 1.82) is 0 Å². The number of hydrogen-bond donors (Lipinski definition) is 1. The molecule has 2 fully saturated rings. The van der Waals surface area contributed by atoms with Gasteiger partial charge in [0, 0.05) is 32.6 Å². The Kier molecular flexibility index (Phi) is 7.91. The molecule has 5 nitrogen and oxygen atoms in total. The zero-order chi connectivity index (χ0) is 17.6. The van der Waals surface area contributed by atoms with Crippen LogP contribution in [0.15, 0.2) is 30.3 Å². The largest absolute Gasteiger partial charge is 0.342 e. The van der Waals surface area contributed by atoms with Crippen LogP contribution < -0.4 is 5.32 Å². The first-order valence-electron chi connectivity index (χ1n) is 9.48. The van der Waals surface area contributed by atoms with Crippen LogP contribution in [-0.2, 0) is 16.1 Å². The summed E-state index contributed by atoms with van der Waals surface area (Å²) in [4.78, 5) is 28.9. The fraction of sp³-hybridized carbons (Fsp3) is 0.600. The number of halogens is 1.